The van der Waals surface area contributed by atoms with E-state index in [4.69, 9.17) is 28.3 Å². The fraction of sp³-hybridized carbons (Fsp3) is 0.263. The van der Waals surface area contributed by atoms with Crippen molar-refractivity contribution < 1.29 is 41.0 Å². The molecule has 0 saturated heterocycles. The van der Waals surface area contributed by atoms with E-state index >= 15 is 0 Å². The van der Waals surface area contributed by atoms with E-state index in [1.54, 1.807) is 0 Å². The number of carboxylic acid groups (broad SMARTS) is 1. The van der Waals surface area contributed by atoms with Gasteiger partial charge in [-0.25, -0.2) is 4.79 Å². The van der Waals surface area contributed by atoms with Gasteiger partial charge in [-0.2, -0.15) is 26.3 Å². The van der Waals surface area contributed by atoms with Crippen molar-refractivity contribution >= 4 is 35.1 Å². The molecule has 0 heterocycles. The highest BCUT2D eigenvalue weighted by Gasteiger charge is 2.34. The van der Waals surface area contributed by atoms with E-state index in [2.05, 4.69) is 5.32 Å². The van der Waals surface area contributed by atoms with Crippen LogP contribution in [0.1, 0.15) is 44.7 Å². The Morgan fingerprint density at radius 2 is 1.26 bits per heavy atom. The number of hydrogen-bond acceptors (Lipinski definition) is 2. The average molecular weight is 488 g/mol. The van der Waals surface area contributed by atoms with Crippen molar-refractivity contribution in [1.82, 2.24) is 5.32 Å². The molecule has 0 atom stereocenters. The summed E-state index contributed by atoms with van der Waals surface area (Å²) in [5.41, 5.74) is -2.09. The molecule has 168 valence electrons. The third kappa shape index (κ3) is 7.03. The Hall–Kier alpha value is -2.46. The zero-order valence-corrected chi connectivity index (χ0v) is 16.8. The number of carboxylic acids is 1. The summed E-state index contributed by atoms with van der Waals surface area (Å²) >= 11 is 10.8. The predicted molar refractivity (Wildman–Crippen MR) is 100 cm³/mol. The average Bonchev–Trinajstić information content (AvgIpc) is 3.43. The Labute approximate surface area is 181 Å². The summed E-state index contributed by atoms with van der Waals surface area (Å²) in [6, 6.07) is 5.43. The standard InChI is InChI=1S/C11H9ClF3NO.C8H4ClF3O2/c12-9-5-6(10(17)16-7-2-3-7)1-4-8(9)11(13,14)15;9-6-3-4(7(13)14)1-2-5(6)8(10,11)12/h1,4-5,7H,2-3H2,(H,16,17);1-3H,(H,13,14). The summed E-state index contributed by atoms with van der Waals surface area (Å²) in [6.07, 6.45) is -7.23. The van der Waals surface area contributed by atoms with Crippen molar-refractivity contribution in [2.24, 2.45) is 0 Å². The van der Waals surface area contributed by atoms with Crippen LogP contribution >= 0.6 is 23.2 Å². The van der Waals surface area contributed by atoms with Gasteiger partial charge in [0.25, 0.3) is 5.91 Å². The number of rotatable bonds is 3. The number of aromatic carboxylic acids is 1. The van der Waals surface area contributed by atoms with Gasteiger partial charge in [-0.3, -0.25) is 4.79 Å². The molecule has 1 aliphatic carbocycles. The van der Waals surface area contributed by atoms with Gasteiger partial charge in [-0.15, -0.1) is 0 Å². The first kappa shape index (κ1) is 24.8. The summed E-state index contributed by atoms with van der Waals surface area (Å²) in [5, 5.41) is 10.1. The van der Waals surface area contributed by atoms with Gasteiger partial charge in [0, 0.05) is 11.6 Å². The topological polar surface area (TPSA) is 66.4 Å². The van der Waals surface area contributed by atoms with Crippen molar-refractivity contribution in [3.05, 3.63) is 68.7 Å². The van der Waals surface area contributed by atoms with Crippen LogP contribution in [-0.4, -0.2) is 23.0 Å². The highest BCUT2D eigenvalue weighted by molar-refractivity contribution is 6.32. The number of benzene rings is 2. The minimum atomic E-state index is -4.56. The SMILES string of the molecule is O=C(NC1CC1)c1ccc(C(F)(F)F)c(Cl)c1.O=C(O)c1ccc(C(F)(F)F)c(Cl)c1. The second-order valence-electron chi connectivity index (χ2n) is 6.44. The van der Waals surface area contributed by atoms with Crippen LogP contribution in [0.3, 0.4) is 0 Å². The molecule has 2 aromatic rings. The largest absolute Gasteiger partial charge is 0.478 e. The zero-order valence-electron chi connectivity index (χ0n) is 15.2. The molecule has 2 N–H and O–H groups in total. The van der Waals surface area contributed by atoms with Crippen molar-refractivity contribution in [3.8, 4) is 0 Å². The molecular formula is C19H13Cl2F6NO3. The van der Waals surface area contributed by atoms with Crippen molar-refractivity contribution in [2.75, 3.05) is 0 Å². The third-order valence-electron chi connectivity index (χ3n) is 3.97. The fourth-order valence-electron chi connectivity index (χ4n) is 2.26. The molecule has 0 aromatic heterocycles. The Morgan fingerprint density at radius 1 is 0.839 bits per heavy atom. The van der Waals surface area contributed by atoms with Crippen LogP contribution in [0.15, 0.2) is 36.4 Å². The number of carbonyl (C=O) groups is 2. The summed E-state index contributed by atoms with van der Waals surface area (Å²) in [4.78, 5) is 21.9. The van der Waals surface area contributed by atoms with E-state index in [0.717, 1.165) is 43.2 Å². The molecule has 12 heteroatoms. The van der Waals surface area contributed by atoms with Crippen LogP contribution in [-0.2, 0) is 12.4 Å². The maximum absolute atomic E-state index is 12.4. The van der Waals surface area contributed by atoms with E-state index in [1.165, 1.54) is 0 Å². The van der Waals surface area contributed by atoms with Crippen LogP contribution in [0.5, 0.6) is 0 Å². The number of carbonyl (C=O) groups excluding carboxylic acids is 1. The number of hydrogen-bond donors (Lipinski definition) is 2. The summed E-state index contributed by atoms with van der Waals surface area (Å²) in [5.74, 6) is -1.70. The second-order valence-corrected chi connectivity index (χ2v) is 7.25. The van der Waals surface area contributed by atoms with Gasteiger partial charge in [0.15, 0.2) is 0 Å². The first-order chi connectivity index (χ1) is 14.2. The van der Waals surface area contributed by atoms with Crippen molar-refractivity contribution in [3.63, 3.8) is 0 Å². The van der Waals surface area contributed by atoms with Crippen LogP contribution in [0.2, 0.25) is 10.0 Å². The van der Waals surface area contributed by atoms with E-state index < -0.39 is 39.5 Å². The lowest BCUT2D eigenvalue weighted by Crippen LogP contribution is -2.25. The quantitative estimate of drug-likeness (QED) is 0.498. The highest BCUT2D eigenvalue weighted by Crippen LogP contribution is 2.36. The molecule has 0 radical (unpaired) electrons. The van der Waals surface area contributed by atoms with Gasteiger partial charge in [0.1, 0.15) is 0 Å². The number of amides is 1. The molecule has 3 rings (SSSR count). The lowest BCUT2D eigenvalue weighted by Gasteiger charge is -2.10. The van der Waals surface area contributed by atoms with E-state index in [0.29, 0.717) is 6.07 Å². The van der Waals surface area contributed by atoms with Crippen molar-refractivity contribution in [2.45, 2.75) is 31.2 Å². The minimum Gasteiger partial charge on any atom is -0.478 e. The van der Waals surface area contributed by atoms with E-state index in [9.17, 15) is 35.9 Å². The van der Waals surface area contributed by atoms with Crippen LogP contribution in [0.25, 0.3) is 0 Å². The smallest absolute Gasteiger partial charge is 0.417 e. The van der Waals surface area contributed by atoms with Gasteiger partial charge in [0.05, 0.1) is 26.7 Å². The summed E-state index contributed by atoms with van der Waals surface area (Å²) in [7, 11) is 0. The van der Waals surface area contributed by atoms with Gasteiger partial charge >= 0.3 is 18.3 Å². The van der Waals surface area contributed by atoms with Crippen LogP contribution in [0, 0.1) is 0 Å². The second kappa shape index (κ2) is 9.35. The molecule has 0 spiro atoms. The molecule has 1 saturated carbocycles. The lowest BCUT2D eigenvalue weighted by molar-refractivity contribution is -0.138. The van der Waals surface area contributed by atoms with Crippen LogP contribution < -0.4 is 5.32 Å². The molecule has 0 bridgehead atoms. The van der Waals surface area contributed by atoms with Crippen molar-refractivity contribution in [1.29, 1.82) is 0 Å². The maximum Gasteiger partial charge on any atom is 0.417 e. The number of alkyl halides is 6. The molecule has 1 fully saturated rings. The van der Waals surface area contributed by atoms with Gasteiger partial charge in [-0.05, 0) is 49.2 Å². The zero-order chi connectivity index (χ0) is 23.6. The normalized spacial score (nSPS) is 13.8. The Bertz CT molecular complexity index is 988. The first-order valence-corrected chi connectivity index (χ1v) is 9.23. The van der Waals surface area contributed by atoms with Gasteiger partial charge in [0.2, 0.25) is 0 Å². The highest BCUT2D eigenvalue weighted by atomic mass is 35.5. The molecule has 31 heavy (non-hydrogen) atoms. The maximum atomic E-state index is 12.4. The Kier molecular flexibility index (Phi) is 7.48. The minimum absolute atomic E-state index is 0.148. The Balaban J connectivity index is 0.000000225. The van der Waals surface area contributed by atoms with Gasteiger partial charge < -0.3 is 10.4 Å². The molecular weight excluding hydrogens is 475 g/mol. The molecule has 2 aromatic carbocycles. The fourth-order valence-corrected chi connectivity index (χ4v) is 2.84. The molecule has 1 aliphatic rings. The molecule has 0 aliphatic heterocycles. The predicted octanol–water partition coefficient (Wildman–Crippen LogP) is 6.31. The van der Waals surface area contributed by atoms with Gasteiger partial charge in [-0.1, -0.05) is 23.2 Å². The monoisotopic (exact) mass is 487 g/mol. The number of nitrogens with one attached hydrogen (secondary N) is 1. The number of halogens is 8. The first-order valence-electron chi connectivity index (χ1n) is 8.47. The summed E-state index contributed by atoms with van der Waals surface area (Å²) in [6.45, 7) is 0. The molecule has 0 unspecified atom stereocenters. The molecule has 1 amide bonds. The third-order valence-corrected chi connectivity index (χ3v) is 4.60. The molecule has 4 nitrogen and oxygen atoms in total. The Morgan fingerprint density at radius 3 is 1.61 bits per heavy atom. The van der Waals surface area contributed by atoms with E-state index in [-0.39, 0.29) is 23.1 Å². The summed E-state index contributed by atoms with van der Waals surface area (Å²) < 4.78 is 73.7. The van der Waals surface area contributed by atoms with E-state index in [1.807, 2.05) is 0 Å². The van der Waals surface area contributed by atoms with Crippen LogP contribution in [0.4, 0.5) is 26.3 Å². The lowest BCUT2D eigenvalue weighted by atomic mass is 10.1.